The third-order valence-corrected chi connectivity index (χ3v) is 2.19. The summed E-state index contributed by atoms with van der Waals surface area (Å²) in [6.07, 6.45) is 0. The lowest BCUT2D eigenvalue weighted by atomic mass is 10.3. The van der Waals surface area contributed by atoms with E-state index in [0.717, 1.165) is 0 Å². The van der Waals surface area contributed by atoms with Gasteiger partial charge in [-0.3, -0.25) is 0 Å². The maximum Gasteiger partial charge on any atom is 0.315 e. The second-order valence-corrected chi connectivity index (χ2v) is 3.66. The Bertz CT molecular complexity index is 303. The zero-order valence-electron chi connectivity index (χ0n) is 10.3. The Morgan fingerprint density at radius 1 is 1.38 bits per heavy atom. The maximum atomic E-state index is 5.44. The Kier molecular flexibility index (Phi) is 5.21. The van der Waals surface area contributed by atoms with Gasteiger partial charge >= 0.3 is 6.01 Å². The van der Waals surface area contributed by atoms with E-state index in [1.807, 2.05) is 27.8 Å². The maximum absolute atomic E-state index is 5.44. The molecule has 0 saturated carbocycles. The van der Waals surface area contributed by atoms with Gasteiger partial charge in [0.05, 0.1) is 18.7 Å². The summed E-state index contributed by atoms with van der Waals surface area (Å²) in [4.78, 5) is 0. The van der Waals surface area contributed by atoms with Gasteiger partial charge in [0.15, 0.2) is 0 Å². The molecule has 1 aromatic rings. The van der Waals surface area contributed by atoms with Crippen molar-refractivity contribution in [1.29, 1.82) is 0 Å². The zero-order chi connectivity index (χ0) is 12.0. The molecule has 0 aliphatic carbocycles. The molecule has 92 valence electrons. The molecule has 6 nitrogen and oxygen atoms in total. The summed E-state index contributed by atoms with van der Waals surface area (Å²) in [7, 11) is 1.85. The fraction of sp³-hybridized carbons (Fsp3) is 0.800. The van der Waals surface area contributed by atoms with Gasteiger partial charge in [0.1, 0.15) is 0 Å². The largest absolute Gasteiger partial charge is 0.406 e. The van der Waals surface area contributed by atoms with Crippen LogP contribution in [0.15, 0.2) is 4.42 Å². The summed E-state index contributed by atoms with van der Waals surface area (Å²) in [6.45, 7) is 7.25. The van der Waals surface area contributed by atoms with Crippen LogP contribution in [0.1, 0.15) is 32.7 Å². The van der Waals surface area contributed by atoms with Gasteiger partial charge in [-0.05, 0) is 27.8 Å². The fourth-order valence-electron chi connectivity index (χ4n) is 1.14. The highest BCUT2D eigenvalue weighted by molar-refractivity contribution is 5.19. The SMILES string of the molecule is CCOCC(C)Nc1nnc(C(C)NC)o1. The highest BCUT2D eigenvalue weighted by atomic mass is 16.5. The first-order valence-electron chi connectivity index (χ1n) is 5.52. The summed E-state index contributed by atoms with van der Waals surface area (Å²) >= 11 is 0. The second kappa shape index (κ2) is 6.44. The van der Waals surface area contributed by atoms with Crippen LogP contribution in [0.4, 0.5) is 6.01 Å². The van der Waals surface area contributed by atoms with Crippen molar-refractivity contribution in [3.05, 3.63) is 5.89 Å². The van der Waals surface area contributed by atoms with E-state index in [1.54, 1.807) is 0 Å². The van der Waals surface area contributed by atoms with Crippen molar-refractivity contribution in [3.63, 3.8) is 0 Å². The van der Waals surface area contributed by atoms with E-state index >= 15 is 0 Å². The molecule has 0 aromatic carbocycles. The number of nitrogens with one attached hydrogen (secondary N) is 2. The van der Waals surface area contributed by atoms with Gasteiger partial charge in [-0.1, -0.05) is 5.10 Å². The standard InChI is InChI=1S/C10H20N4O2/c1-5-15-6-7(2)12-10-14-13-9(16-10)8(3)11-4/h7-8,11H,5-6H2,1-4H3,(H,12,14). The molecule has 2 unspecified atom stereocenters. The molecule has 6 heteroatoms. The van der Waals surface area contributed by atoms with Gasteiger partial charge in [0.2, 0.25) is 5.89 Å². The molecule has 0 spiro atoms. The Labute approximate surface area is 95.8 Å². The molecular formula is C10H20N4O2. The number of anilines is 1. The smallest absolute Gasteiger partial charge is 0.315 e. The molecule has 0 saturated heterocycles. The van der Waals surface area contributed by atoms with Crippen molar-refractivity contribution in [2.24, 2.45) is 0 Å². The second-order valence-electron chi connectivity index (χ2n) is 3.66. The van der Waals surface area contributed by atoms with E-state index in [0.29, 0.717) is 25.1 Å². The highest BCUT2D eigenvalue weighted by Crippen LogP contribution is 2.13. The monoisotopic (exact) mass is 228 g/mol. The summed E-state index contributed by atoms with van der Waals surface area (Å²) < 4.78 is 10.7. The van der Waals surface area contributed by atoms with Crippen molar-refractivity contribution in [2.75, 3.05) is 25.6 Å². The number of rotatable bonds is 7. The minimum absolute atomic E-state index is 0.0604. The van der Waals surface area contributed by atoms with Crippen LogP contribution in [0.25, 0.3) is 0 Å². The molecule has 1 aromatic heterocycles. The molecule has 0 radical (unpaired) electrons. The quantitative estimate of drug-likeness (QED) is 0.730. The third kappa shape index (κ3) is 3.79. The highest BCUT2D eigenvalue weighted by Gasteiger charge is 2.13. The predicted molar refractivity (Wildman–Crippen MR) is 61.4 cm³/mol. The van der Waals surface area contributed by atoms with Crippen molar-refractivity contribution < 1.29 is 9.15 Å². The Balaban J connectivity index is 2.45. The Morgan fingerprint density at radius 2 is 2.12 bits per heavy atom. The van der Waals surface area contributed by atoms with Crippen LogP contribution in [0.5, 0.6) is 0 Å². The lowest BCUT2D eigenvalue weighted by Gasteiger charge is -2.11. The van der Waals surface area contributed by atoms with Gasteiger partial charge in [-0.25, -0.2) is 0 Å². The molecule has 0 fully saturated rings. The van der Waals surface area contributed by atoms with Gasteiger partial charge in [-0.2, -0.15) is 0 Å². The number of hydrogen-bond donors (Lipinski definition) is 2. The van der Waals surface area contributed by atoms with Crippen LogP contribution in [-0.2, 0) is 4.74 Å². The van der Waals surface area contributed by atoms with Crippen molar-refractivity contribution >= 4 is 6.01 Å². The van der Waals surface area contributed by atoms with Gasteiger partial charge < -0.3 is 19.8 Å². The third-order valence-electron chi connectivity index (χ3n) is 2.19. The topological polar surface area (TPSA) is 72.2 Å². The summed E-state index contributed by atoms with van der Waals surface area (Å²) in [5, 5.41) is 14.0. The van der Waals surface area contributed by atoms with Crippen LogP contribution in [0.3, 0.4) is 0 Å². The van der Waals surface area contributed by atoms with Crippen molar-refractivity contribution in [3.8, 4) is 0 Å². The lowest BCUT2D eigenvalue weighted by Crippen LogP contribution is -2.21. The van der Waals surface area contributed by atoms with Crippen LogP contribution in [-0.4, -0.2) is 36.5 Å². The minimum Gasteiger partial charge on any atom is -0.406 e. The summed E-state index contributed by atoms with van der Waals surface area (Å²) in [5.41, 5.74) is 0. The average Bonchev–Trinajstić information content (AvgIpc) is 2.73. The van der Waals surface area contributed by atoms with Gasteiger partial charge in [0, 0.05) is 6.61 Å². The molecular weight excluding hydrogens is 208 g/mol. The summed E-state index contributed by atoms with van der Waals surface area (Å²) in [6, 6.07) is 0.646. The van der Waals surface area contributed by atoms with Crippen LogP contribution >= 0.6 is 0 Å². The van der Waals surface area contributed by atoms with Gasteiger partial charge in [0.25, 0.3) is 0 Å². The molecule has 0 aliphatic rings. The zero-order valence-corrected chi connectivity index (χ0v) is 10.3. The predicted octanol–water partition coefficient (Wildman–Crippen LogP) is 1.19. The van der Waals surface area contributed by atoms with E-state index < -0.39 is 0 Å². The Hall–Kier alpha value is -1.14. The average molecular weight is 228 g/mol. The number of hydrogen-bond acceptors (Lipinski definition) is 6. The van der Waals surface area contributed by atoms with Crippen molar-refractivity contribution in [2.45, 2.75) is 32.9 Å². The Morgan fingerprint density at radius 3 is 2.75 bits per heavy atom. The molecule has 0 aliphatic heterocycles. The molecule has 0 amide bonds. The first-order valence-corrected chi connectivity index (χ1v) is 5.52. The normalized spacial score (nSPS) is 14.8. The van der Waals surface area contributed by atoms with Crippen molar-refractivity contribution in [1.82, 2.24) is 15.5 Å². The first kappa shape index (κ1) is 12.9. The summed E-state index contributed by atoms with van der Waals surface area (Å²) in [5.74, 6) is 0.577. The van der Waals surface area contributed by atoms with E-state index in [9.17, 15) is 0 Å². The van der Waals surface area contributed by atoms with E-state index in [-0.39, 0.29) is 12.1 Å². The minimum atomic E-state index is 0.0604. The molecule has 1 heterocycles. The lowest BCUT2D eigenvalue weighted by molar-refractivity contribution is 0.140. The van der Waals surface area contributed by atoms with Crippen LogP contribution in [0.2, 0.25) is 0 Å². The molecule has 2 N–H and O–H groups in total. The number of nitrogens with zero attached hydrogens (tertiary/aromatic N) is 2. The first-order chi connectivity index (χ1) is 7.67. The molecule has 2 atom stereocenters. The van der Waals surface area contributed by atoms with Crippen LogP contribution in [0, 0.1) is 0 Å². The van der Waals surface area contributed by atoms with E-state index in [4.69, 9.17) is 9.15 Å². The van der Waals surface area contributed by atoms with Crippen LogP contribution < -0.4 is 10.6 Å². The van der Waals surface area contributed by atoms with E-state index in [1.165, 1.54) is 0 Å². The van der Waals surface area contributed by atoms with Gasteiger partial charge in [-0.15, -0.1) is 5.10 Å². The molecule has 1 rings (SSSR count). The van der Waals surface area contributed by atoms with E-state index in [2.05, 4.69) is 20.8 Å². The number of aromatic nitrogens is 2. The molecule has 16 heavy (non-hydrogen) atoms. The fourth-order valence-corrected chi connectivity index (χ4v) is 1.14. The number of ether oxygens (including phenoxy) is 1. The molecule has 0 bridgehead atoms.